The molecule has 2 aromatic carbocycles. The molecule has 0 aromatic heterocycles. The molecule has 0 atom stereocenters. The van der Waals surface area contributed by atoms with Gasteiger partial charge in [-0.1, -0.05) is 31.2 Å². The SMILES string of the molecule is CCc1ccc(/C=C2\Oc3cc(OCC(=O)OC(C)(C)C)cc(C)c3C2=O)cc1. The fourth-order valence-electron chi connectivity index (χ4n) is 3.07. The van der Waals surface area contributed by atoms with Gasteiger partial charge in [0.05, 0.1) is 5.56 Å². The van der Waals surface area contributed by atoms with E-state index in [1.807, 2.05) is 31.2 Å². The predicted octanol–water partition coefficient (Wildman–Crippen LogP) is 4.89. The van der Waals surface area contributed by atoms with Crippen molar-refractivity contribution >= 4 is 17.8 Å². The number of benzene rings is 2. The van der Waals surface area contributed by atoms with Crippen LogP contribution in [0.1, 0.15) is 54.7 Å². The van der Waals surface area contributed by atoms with E-state index < -0.39 is 11.6 Å². The predicted molar refractivity (Wildman–Crippen MR) is 111 cm³/mol. The zero-order valence-corrected chi connectivity index (χ0v) is 17.5. The third kappa shape index (κ3) is 5.05. The molecule has 2 aromatic rings. The number of fused-ring (bicyclic) bond motifs is 1. The highest BCUT2D eigenvalue weighted by molar-refractivity contribution is 6.15. The van der Waals surface area contributed by atoms with Gasteiger partial charge in [-0.25, -0.2) is 4.79 Å². The molecule has 1 heterocycles. The topological polar surface area (TPSA) is 61.8 Å². The summed E-state index contributed by atoms with van der Waals surface area (Å²) in [4.78, 5) is 24.6. The third-order valence-corrected chi connectivity index (χ3v) is 4.41. The van der Waals surface area contributed by atoms with Gasteiger partial charge in [0.2, 0.25) is 5.78 Å². The van der Waals surface area contributed by atoms with Crippen molar-refractivity contribution in [3.8, 4) is 11.5 Å². The third-order valence-electron chi connectivity index (χ3n) is 4.41. The molecule has 0 unspecified atom stereocenters. The van der Waals surface area contributed by atoms with E-state index in [0.29, 0.717) is 17.1 Å². The van der Waals surface area contributed by atoms with Crippen LogP contribution in [0.5, 0.6) is 11.5 Å². The van der Waals surface area contributed by atoms with Crippen LogP contribution < -0.4 is 9.47 Å². The Bertz CT molecular complexity index is 962. The molecule has 5 nitrogen and oxygen atoms in total. The summed E-state index contributed by atoms with van der Waals surface area (Å²) in [5.74, 6) is 0.551. The van der Waals surface area contributed by atoms with Crippen LogP contribution in [-0.4, -0.2) is 24.0 Å². The fourth-order valence-corrected chi connectivity index (χ4v) is 3.07. The molecule has 0 saturated carbocycles. The van der Waals surface area contributed by atoms with E-state index in [1.165, 1.54) is 5.56 Å². The number of hydrogen-bond donors (Lipinski definition) is 0. The maximum Gasteiger partial charge on any atom is 0.344 e. The van der Waals surface area contributed by atoms with Crippen molar-refractivity contribution in [3.05, 3.63) is 64.4 Å². The molecule has 0 amide bonds. The molecule has 1 aliphatic heterocycles. The first-order valence-electron chi connectivity index (χ1n) is 9.69. The number of Topliss-reactive ketones (excluding diaryl/α,β-unsaturated/α-hetero) is 1. The van der Waals surface area contributed by atoms with Gasteiger partial charge in [-0.05, 0) is 62.9 Å². The van der Waals surface area contributed by atoms with Crippen molar-refractivity contribution in [2.75, 3.05) is 6.61 Å². The van der Waals surface area contributed by atoms with Crippen LogP contribution >= 0.6 is 0 Å². The molecular weight excluding hydrogens is 368 g/mol. The molecule has 3 rings (SSSR count). The quantitative estimate of drug-likeness (QED) is 0.533. The summed E-state index contributed by atoms with van der Waals surface area (Å²) in [5, 5.41) is 0. The second-order valence-corrected chi connectivity index (χ2v) is 8.02. The lowest BCUT2D eigenvalue weighted by Crippen LogP contribution is -2.27. The van der Waals surface area contributed by atoms with E-state index in [9.17, 15) is 9.59 Å². The first kappa shape index (κ1) is 20.6. The van der Waals surface area contributed by atoms with Crippen molar-refractivity contribution < 1.29 is 23.8 Å². The van der Waals surface area contributed by atoms with Gasteiger partial charge in [0.1, 0.15) is 17.1 Å². The Labute approximate surface area is 171 Å². The van der Waals surface area contributed by atoms with Crippen LogP contribution in [-0.2, 0) is 16.0 Å². The van der Waals surface area contributed by atoms with Crippen molar-refractivity contribution in [1.82, 2.24) is 0 Å². The van der Waals surface area contributed by atoms with Crippen molar-refractivity contribution in [2.24, 2.45) is 0 Å². The van der Waals surface area contributed by atoms with Crippen LogP contribution in [0.25, 0.3) is 6.08 Å². The lowest BCUT2D eigenvalue weighted by atomic mass is 10.0. The number of ketones is 1. The maximum atomic E-state index is 12.8. The Kier molecular flexibility index (Phi) is 5.78. The van der Waals surface area contributed by atoms with E-state index in [0.717, 1.165) is 17.5 Å². The van der Waals surface area contributed by atoms with Crippen LogP contribution in [0.3, 0.4) is 0 Å². The van der Waals surface area contributed by atoms with Crippen LogP contribution in [0, 0.1) is 6.92 Å². The molecule has 1 aliphatic rings. The molecule has 29 heavy (non-hydrogen) atoms. The van der Waals surface area contributed by atoms with Crippen molar-refractivity contribution in [2.45, 2.75) is 46.6 Å². The fraction of sp³-hybridized carbons (Fsp3) is 0.333. The Morgan fingerprint density at radius 3 is 2.45 bits per heavy atom. The van der Waals surface area contributed by atoms with Gasteiger partial charge >= 0.3 is 5.97 Å². The number of carbonyl (C=O) groups is 2. The molecule has 0 aliphatic carbocycles. The lowest BCUT2D eigenvalue weighted by Gasteiger charge is -2.19. The molecule has 0 saturated heterocycles. The van der Waals surface area contributed by atoms with Gasteiger partial charge in [-0.2, -0.15) is 0 Å². The number of esters is 1. The highest BCUT2D eigenvalue weighted by atomic mass is 16.6. The van der Waals surface area contributed by atoms with Crippen LogP contribution in [0.2, 0.25) is 0 Å². The molecule has 5 heteroatoms. The summed E-state index contributed by atoms with van der Waals surface area (Å²) >= 11 is 0. The van der Waals surface area contributed by atoms with E-state index in [-0.39, 0.29) is 18.1 Å². The maximum absolute atomic E-state index is 12.8. The van der Waals surface area contributed by atoms with Gasteiger partial charge in [0, 0.05) is 6.07 Å². The van der Waals surface area contributed by atoms with Gasteiger partial charge < -0.3 is 14.2 Å². The van der Waals surface area contributed by atoms with Gasteiger partial charge in [0.25, 0.3) is 0 Å². The minimum Gasteiger partial charge on any atom is -0.482 e. The second kappa shape index (κ2) is 8.11. The standard InChI is InChI=1S/C24H26O5/c1-6-16-7-9-17(10-8-16)12-20-23(26)22-15(2)11-18(13-19(22)28-20)27-14-21(25)29-24(3,4)5/h7-13H,6,14H2,1-5H3/b20-12-. The smallest absolute Gasteiger partial charge is 0.344 e. The van der Waals surface area contributed by atoms with E-state index in [2.05, 4.69) is 6.92 Å². The summed E-state index contributed by atoms with van der Waals surface area (Å²) in [6.45, 7) is 9.10. The minimum absolute atomic E-state index is 0.157. The van der Waals surface area contributed by atoms with Gasteiger partial charge in [0.15, 0.2) is 12.4 Å². The molecule has 0 spiro atoms. The molecule has 0 N–H and O–H groups in total. The summed E-state index contributed by atoms with van der Waals surface area (Å²) in [6, 6.07) is 11.4. The summed E-state index contributed by atoms with van der Waals surface area (Å²) in [5.41, 5.74) is 2.82. The van der Waals surface area contributed by atoms with E-state index in [4.69, 9.17) is 14.2 Å². The number of hydrogen-bond acceptors (Lipinski definition) is 5. The zero-order valence-electron chi connectivity index (χ0n) is 17.5. The van der Waals surface area contributed by atoms with Crippen LogP contribution in [0.4, 0.5) is 0 Å². The molecule has 0 radical (unpaired) electrons. The number of rotatable bonds is 5. The molecular formula is C24H26O5. The van der Waals surface area contributed by atoms with Crippen LogP contribution in [0.15, 0.2) is 42.2 Å². The van der Waals surface area contributed by atoms with Gasteiger partial charge in [-0.3, -0.25) is 4.79 Å². The highest BCUT2D eigenvalue weighted by Gasteiger charge is 2.30. The van der Waals surface area contributed by atoms with E-state index >= 15 is 0 Å². The Morgan fingerprint density at radius 2 is 1.83 bits per heavy atom. The molecule has 0 bridgehead atoms. The number of aryl methyl sites for hydroxylation is 2. The second-order valence-electron chi connectivity index (χ2n) is 8.02. The Balaban J connectivity index is 1.76. The summed E-state index contributed by atoms with van der Waals surface area (Å²) in [7, 11) is 0. The number of carbonyl (C=O) groups excluding carboxylic acids is 2. The largest absolute Gasteiger partial charge is 0.482 e. The number of ether oxygens (including phenoxy) is 3. The summed E-state index contributed by atoms with van der Waals surface area (Å²) < 4.78 is 16.6. The highest BCUT2D eigenvalue weighted by Crippen LogP contribution is 2.37. The summed E-state index contributed by atoms with van der Waals surface area (Å²) in [6.07, 6.45) is 2.70. The first-order chi connectivity index (χ1) is 13.7. The van der Waals surface area contributed by atoms with E-state index in [1.54, 1.807) is 39.0 Å². The Morgan fingerprint density at radius 1 is 1.14 bits per heavy atom. The molecule has 0 fully saturated rings. The Hall–Kier alpha value is -3.08. The average Bonchev–Trinajstić information content (AvgIpc) is 2.95. The van der Waals surface area contributed by atoms with Gasteiger partial charge in [-0.15, -0.1) is 0 Å². The minimum atomic E-state index is -0.571. The molecule has 152 valence electrons. The lowest BCUT2D eigenvalue weighted by molar-refractivity contribution is -0.157. The average molecular weight is 394 g/mol. The van der Waals surface area contributed by atoms with Crippen molar-refractivity contribution in [3.63, 3.8) is 0 Å². The van der Waals surface area contributed by atoms with Crippen molar-refractivity contribution in [1.29, 1.82) is 0 Å². The monoisotopic (exact) mass is 394 g/mol. The zero-order chi connectivity index (χ0) is 21.2. The first-order valence-corrected chi connectivity index (χ1v) is 9.69. The number of allylic oxidation sites excluding steroid dienone is 1. The normalized spacial score (nSPS) is 14.5.